The third-order valence-electron chi connectivity index (χ3n) is 5.82. The molecule has 0 radical (unpaired) electrons. The van der Waals surface area contributed by atoms with Gasteiger partial charge in [0.25, 0.3) is 0 Å². The van der Waals surface area contributed by atoms with E-state index < -0.39 is 6.10 Å². The molecule has 1 atom stereocenters. The topological polar surface area (TPSA) is 91.2 Å². The highest BCUT2D eigenvalue weighted by molar-refractivity contribution is 7.99. The summed E-state index contributed by atoms with van der Waals surface area (Å²) in [5, 5.41) is 14.8. The zero-order chi connectivity index (χ0) is 27.2. The fourth-order valence-electron chi connectivity index (χ4n) is 3.86. The molecule has 0 saturated carbocycles. The van der Waals surface area contributed by atoms with Gasteiger partial charge in [-0.2, -0.15) is 0 Å². The number of aryl methyl sites for hydroxylation is 1. The van der Waals surface area contributed by atoms with Gasteiger partial charge in [0.05, 0.1) is 18.6 Å². The van der Waals surface area contributed by atoms with E-state index in [0.29, 0.717) is 27.6 Å². The molecule has 0 fully saturated rings. The second-order valence-corrected chi connectivity index (χ2v) is 10.5. The normalized spacial score (nSPS) is 11.7. The lowest BCUT2D eigenvalue weighted by Gasteiger charge is -2.17. The van der Waals surface area contributed by atoms with Crippen molar-refractivity contribution in [3.8, 4) is 28.4 Å². The highest BCUT2D eigenvalue weighted by atomic mass is 32.2. The number of benzene rings is 3. The fraction of sp³-hybridized carbons (Fsp3) is 0.172. The van der Waals surface area contributed by atoms with E-state index in [4.69, 9.17) is 9.47 Å². The predicted octanol–water partition coefficient (Wildman–Crippen LogP) is 6.58. The van der Waals surface area contributed by atoms with E-state index in [1.165, 1.54) is 28.7 Å². The summed E-state index contributed by atoms with van der Waals surface area (Å²) in [5.41, 5.74) is 3.92. The molecule has 1 unspecified atom stereocenters. The number of rotatable bonds is 10. The van der Waals surface area contributed by atoms with Crippen molar-refractivity contribution in [3.63, 3.8) is 0 Å². The summed E-state index contributed by atoms with van der Waals surface area (Å²) in [6, 6.07) is 25.3. The first kappa shape index (κ1) is 26.5. The molecule has 5 rings (SSSR count). The van der Waals surface area contributed by atoms with Crippen molar-refractivity contribution in [1.82, 2.24) is 19.7 Å². The van der Waals surface area contributed by atoms with Crippen LogP contribution in [-0.4, -0.2) is 38.5 Å². The Labute approximate surface area is 235 Å². The van der Waals surface area contributed by atoms with Gasteiger partial charge < -0.3 is 14.8 Å². The van der Waals surface area contributed by atoms with Gasteiger partial charge in [-0.15, -0.1) is 21.5 Å². The maximum Gasteiger partial charge on any atom is 0.236 e. The number of methoxy groups -OCH3 is 1. The van der Waals surface area contributed by atoms with Crippen LogP contribution in [0.4, 0.5) is 5.13 Å². The van der Waals surface area contributed by atoms with Crippen LogP contribution in [0.3, 0.4) is 0 Å². The lowest BCUT2D eigenvalue weighted by molar-refractivity contribution is -0.113. The van der Waals surface area contributed by atoms with Crippen molar-refractivity contribution < 1.29 is 14.3 Å². The molecule has 1 N–H and O–H groups in total. The monoisotopic (exact) mass is 557 g/mol. The number of nitrogens with zero attached hydrogens (tertiary/aromatic N) is 4. The molecule has 0 aliphatic carbocycles. The van der Waals surface area contributed by atoms with Crippen molar-refractivity contribution in [2.75, 3.05) is 18.2 Å². The molecule has 198 valence electrons. The molecule has 0 aliphatic rings. The maximum absolute atomic E-state index is 12.8. The molecular weight excluding hydrogens is 530 g/mol. The summed E-state index contributed by atoms with van der Waals surface area (Å²) in [4.78, 5) is 17.4. The molecule has 10 heteroatoms. The lowest BCUT2D eigenvalue weighted by Crippen LogP contribution is -2.15. The highest BCUT2D eigenvalue weighted by Crippen LogP contribution is 2.30. The van der Waals surface area contributed by atoms with Crippen molar-refractivity contribution in [3.05, 3.63) is 95.6 Å². The maximum atomic E-state index is 12.8. The molecule has 3 aromatic carbocycles. The van der Waals surface area contributed by atoms with Gasteiger partial charge in [-0.1, -0.05) is 65.9 Å². The predicted molar refractivity (Wildman–Crippen MR) is 155 cm³/mol. The first-order valence-corrected chi connectivity index (χ1v) is 14.1. The van der Waals surface area contributed by atoms with E-state index in [-0.39, 0.29) is 11.7 Å². The Morgan fingerprint density at radius 2 is 1.79 bits per heavy atom. The van der Waals surface area contributed by atoms with Gasteiger partial charge in [-0.3, -0.25) is 9.36 Å². The number of thiazole rings is 1. The number of nitrogens with one attached hydrogen (secondary N) is 1. The second kappa shape index (κ2) is 12.1. The number of hydrogen-bond acceptors (Lipinski definition) is 8. The molecule has 2 aromatic heterocycles. The molecule has 0 aliphatic heterocycles. The minimum Gasteiger partial charge on any atom is -0.497 e. The van der Waals surface area contributed by atoms with E-state index in [2.05, 4.69) is 20.5 Å². The molecule has 5 aromatic rings. The summed E-state index contributed by atoms with van der Waals surface area (Å²) in [7, 11) is 1.62. The van der Waals surface area contributed by atoms with Gasteiger partial charge in [0, 0.05) is 22.7 Å². The van der Waals surface area contributed by atoms with E-state index in [9.17, 15) is 4.79 Å². The second-order valence-electron chi connectivity index (χ2n) is 8.69. The molecule has 8 nitrogen and oxygen atoms in total. The number of hydrogen-bond donors (Lipinski definition) is 1. The van der Waals surface area contributed by atoms with Crippen LogP contribution < -0.4 is 14.8 Å². The first-order chi connectivity index (χ1) is 19.0. The zero-order valence-electron chi connectivity index (χ0n) is 21.7. The van der Waals surface area contributed by atoms with E-state index in [0.717, 1.165) is 16.9 Å². The molecule has 1 amide bonds. The molecule has 2 heterocycles. The van der Waals surface area contributed by atoms with Crippen LogP contribution in [0.25, 0.3) is 16.9 Å². The minimum atomic E-state index is -0.413. The smallest absolute Gasteiger partial charge is 0.236 e. The van der Waals surface area contributed by atoms with Crippen LogP contribution in [0, 0.1) is 6.92 Å². The Balaban J connectivity index is 1.29. The average molecular weight is 558 g/mol. The molecule has 39 heavy (non-hydrogen) atoms. The fourth-order valence-corrected chi connectivity index (χ4v) is 5.36. The number of amides is 1. The van der Waals surface area contributed by atoms with Crippen LogP contribution in [0.2, 0.25) is 0 Å². The number of aromatic nitrogens is 4. The Kier molecular flexibility index (Phi) is 8.24. The van der Waals surface area contributed by atoms with Crippen LogP contribution in [0.15, 0.2) is 89.4 Å². The molecule has 0 spiro atoms. The summed E-state index contributed by atoms with van der Waals surface area (Å²) < 4.78 is 13.4. The van der Waals surface area contributed by atoms with Gasteiger partial charge in [-0.05, 0) is 38.1 Å². The van der Waals surface area contributed by atoms with E-state index in [1.54, 1.807) is 7.11 Å². The Bertz CT molecular complexity index is 1550. The lowest BCUT2D eigenvalue weighted by atomic mass is 10.1. The number of anilines is 1. The number of carbonyl (C=O) groups is 1. The van der Waals surface area contributed by atoms with Crippen molar-refractivity contribution in [2.45, 2.75) is 25.1 Å². The van der Waals surface area contributed by atoms with Gasteiger partial charge in [0.1, 0.15) is 11.5 Å². The SMILES string of the molecule is COc1cccc(OC(C)c2nnc(SCC(=O)Nc3nc(-c4ccc(C)cc4)cs3)n2-c2ccccc2)c1. The standard InChI is InChI=1S/C29H27N5O3S2/c1-19-12-14-21(15-13-19)25-17-38-28(30-25)31-26(35)18-39-29-33-32-27(34(29)22-8-5-4-6-9-22)20(2)37-24-11-7-10-23(16-24)36-3/h4-17,20H,18H2,1-3H3,(H,30,31,35). The highest BCUT2D eigenvalue weighted by Gasteiger charge is 2.22. The average Bonchev–Trinajstić information content (AvgIpc) is 3.60. The Morgan fingerprint density at radius 3 is 2.56 bits per heavy atom. The van der Waals surface area contributed by atoms with E-state index in [1.807, 2.05) is 103 Å². The zero-order valence-corrected chi connectivity index (χ0v) is 23.3. The Hall–Kier alpha value is -4.15. The first-order valence-electron chi connectivity index (χ1n) is 12.3. The van der Waals surface area contributed by atoms with Crippen molar-refractivity contribution >= 4 is 34.1 Å². The van der Waals surface area contributed by atoms with Crippen LogP contribution in [0.1, 0.15) is 24.4 Å². The van der Waals surface area contributed by atoms with Gasteiger partial charge in [0.2, 0.25) is 5.91 Å². The summed E-state index contributed by atoms with van der Waals surface area (Å²) >= 11 is 2.70. The Morgan fingerprint density at radius 1 is 1.03 bits per heavy atom. The number of ether oxygens (including phenoxy) is 2. The quantitative estimate of drug-likeness (QED) is 0.194. The molecular formula is C29H27N5O3S2. The number of para-hydroxylation sites is 1. The van der Waals surface area contributed by atoms with Crippen molar-refractivity contribution in [2.24, 2.45) is 0 Å². The van der Waals surface area contributed by atoms with Crippen LogP contribution >= 0.6 is 23.1 Å². The van der Waals surface area contributed by atoms with Gasteiger partial charge in [-0.25, -0.2) is 4.98 Å². The summed E-state index contributed by atoms with van der Waals surface area (Å²) in [6.45, 7) is 3.96. The number of carbonyl (C=O) groups excluding carboxylic acids is 1. The van der Waals surface area contributed by atoms with Crippen LogP contribution in [-0.2, 0) is 4.79 Å². The van der Waals surface area contributed by atoms with Crippen molar-refractivity contribution in [1.29, 1.82) is 0 Å². The third-order valence-corrected chi connectivity index (χ3v) is 7.51. The minimum absolute atomic E-state index is 0.148. The third kappa shape index (κ3) is 6.47. The van der Waals surface area contributed by atoms with Gasteiger partial charge >= 0.3 is 0 Å². The molecule has 0 bridgehead atoms. The summed E-state index contributed by atoms with van der Waals surface area (Å²) in [6.07, 6.45) is -0.413. The van der Waals surface area contributed by atoms with Gasteiger partial charge in [0.15, 0.2) is 22.2 Å². The van der Waals surface area contributed by atoms with E-state index >= 15 is 0 Å². The number of thioether (sulfide) groups is 1. The molecule has 0 saturated heterocycles. The summed E-state index contributed by atoms with van der Waals surface area (Å²) in [5.74, 6) is 1.96. The largest absolute Gasteiger partial charge is 0.497 e. The van der Waals surface area contributed by atoms with Crippen LogP contribution in [0.5, 0.6) is 11.5 Å².